The number of carbonyl (C=O) groups is 3. The van der Waals surface area contributed by atoms with Crippen LogP contribution in [0.1, 0.15) is 51.2 Å². The number of alkyl carbamates (subject to hydrolysis) is 1. The maximum atomic E-state index is 12.7. The fourth-order valence-corrected chi connectivity index (χ4v) is 3.41. The van der Waals surface area contributed by atoms with Crippen molar-refractivity contribution in [1.29, 1.82) is 0 Å². The van der Waals surface area contributed by atoms with E-state index in [0.717, 1.165) is 24.0 Å². The van der Waals surface area contributed by atoms with Gasteiger partial charge in [-0.2, -0.15) is 0 Å². The van der Waals surface area contributed by atoms with Crippen LogP contribution in [0.25, 0.3) is 0 Å². The molecule has 190 valence electrons. The second-order valence-corrected chi connectivity index (χ2v) is 9.00. The lowest BCUT2D eigenvalue weighted by molar-refractivity contribution is -0.132. The van der Waals surface area contributed by atoms with Gasteiger partial charge in [0.1, 0.15) is 18.4 Å². The van der Waals surface area contributed by atoms with E-state index >= 15 is 0 Å². The number of carbonyl (C=O) groups excluding carboxylic acids is 3. The minimum absolute atomic E-state index is 0.0722. The number of phenols is 1. The predicted octanol–water partition coefficient (Wildman–Crippen LogP) is 3.88. The van der Waals surface area contributed by atoms with Gasteiger partial charge in [-0.05, 0) is 42.0 Å². The first kappa shape index (κ1) is 27.7. The van der Waals surface area contributed by atoms with Crippen LogP contribution in [0.5, 0.6) is 5.75 Å². The molecule has 0 aliphatic carbocycles. The molecule has 0 fully saturated rings. The molecule has 8 heteroatoms. The minimum Gasteiger partial charge on any atom is -0.508 e. The number of hydrogen-bond acceptors (Lipinski definition) is 5. The van der Waals surface area contributed by atoms with Crippen molar-refractivity contribution >= 4 is 17.9 Å². The Kier molecular flexibility index (Phi) is 11.6. The lowest BCUT2D eigenvalue weighted by Crippen LogP contribution is -2.50. The molecule has 0 saturated carbocycles. The zero-order valence-electron chi connectivity index (χ0n) is 20.8. The average molecular weight is 484 g/mol. The highest BCUT2D eigenvalue weighted by atomic mass is 16.5. The summed E-state index contributed by atoms with van der Waals surface area (Å²) in [6.07, 6.45) is 1.66. The third-order valence-corrected chi connectivity index (χ3v) is 5.64. The zero-order valence-corrected chi connectivity index (χ0v) is 20.8. The minimum atomic E-state index is -0.636. The van der Waals surface area contributed by atoms with Crippen LogP contribution in [0, 0.1) is 11.8 Å². The van der Waals surface area contributed by atoms with E-state index in [-0.39, 0.29) is 36.0 Å². The van der Waals surface area contributed by atoms with Crippen molar-refractivity contribution in [3.8, 4) is 5.75 Å². The fraction of sp³-hybridized carbons (Fsp3) is 0.444. The molecule has 2 atom stereocenters. The zero-order chi connectivity index (χ0) is 25.6. The molecule has 0 aliphatic heterocycles. The third kappa shape index (κ3) is 10.5. The van der Waals surface area contributed by atoms with Crippen molar-refractivity contribution in [2.24, 2.45) is 11.8 Å². The molecule has 0 heterocycles. The topological polar surface area (TPSA) is 117 Å². The van der Waals surface area contributed by atoms with Crippen LogP contribution in [0.3, 0.4) is 0 Å². The van der Waals surface area contributed by atoms with E-state index < -0.39 is 12.1 Å². The van der Waals surface area contributed by atoms with Gasteiger partial charge >= 0.3 is 6.09 Å². The number of rotatable bonds is 13. The molecule has 1 unspecified atom stereocenters. The van der Waals surface area contributed by atoms with E-state index in [2.05, 4.69) is 16.0 Å². The van der Waals surface area contributed by atoms with Crippen molar-refractivity contribution in [2.45, 2.75) is 59.2 Å². The van der Waals surface area contributed by atoms with E-state index in [0.29, 0.717) is 19.5 Å². The number of nitrogens with one attached hydrogen (secondary N) is 3. The number of amides is 3. The highest BCUT2D eigenvalue weighted by Crippen LogP contribution is 2.12. The molecule has 2 aromatic carbocycles. The number of ether oxygens (including phenoxy) is 1. The molecule has 0 saturated heterocycles. The molecule has 35 heavy (non-hydrogen) atoms. The first-order chi connectivity index (χ1) is 16.8. The number of benzene rings is 2. The number of phenolic OH excluding ortho intramolecular Hbond substituents is 1. The Bertz CT molecular complexity index is 932. The normalized spacial score (nSPS) is 12.5. The van der Waals surface area contributed by atoms with Crippen molar-refractivity contribution < 1.29 is 24.2 Å². The summed E-state index contributed by atoms with van der Waals surface area (Å²) in [6, 6.07) is 15.4. The summed E-state index contributed by atoms with van der Waals surface area (Å²) in [7, 11) is 0. The molecule has 8 nitrogen and oxygen atoms in total. The van der Waals surface area contributed by atoms with Crippen molar-refractivity contribution in [2.75, 3.05) is 6.54 Å². The van der Waals surface area contributed by atoms with Crippen LogP contribution in [0.4, 0.5) is 4.79 Å². The molecule has 0 aliphatic rings. The SMILES string of the molecule is CC(C)C(NC(=O)[C@H](C)CCCCNC(=O)OCc1ccccc1)C(=O)NCc1ccc(O)cc1. The number of hydrogen-bond donors (Lipinski definition) is 4. The molecule has 0 bridgehead atoms. The molecule has 2 rings (SSSR count). The van der Waals surface area contributed by atoms with Gasteiger partial charge in [0.05, 0.1) is 0 Å². The second kappa shape index (κ2) is 14.7. The lowest BCUT2D eigenvalue weighted by Gasteiger charge is -2.23. The Labute approximate surface area is 207 Å². The molecule has 4 N–H and O–H groups in total. The Morgan fingerprint density at radius 3 is 2.20 bits per heavy atom. The summed E-state index contributed by atoms with van der Waals surface area (Å²) in [5, 5.41) is 17.8. The van der Waals surface area contributed by atoms with E-state index in [1.54, 1.807) is 24.3 Å². The van der Waals surface area contributed by atoms with Crippen molar-refractivity contribution in [3.63, 3.8) is 0 Å². The molecular weight excluding hydrogens is 446 g/mol. The monoisotopic (exact) mass is 483 g/mol. The molecular formula is C27H37N3O5. The summed E-state index contributed by atoms with van der Waals surface area (Å²) in [4.78, 5) is 37.1. The summed E-state index contributed by atoms with van der Waals surface area (Å²) >= 11 is 0. The summed E-state index contributed by atoms with van der Waals surface area (Å²) in [5.41, 5.74) is 1.78. The van der Waals surface area contributed by atoms with E-state index in [4.69, 9.17) is 4.74 Å². The van der Waals surface area contributed by atoms with Crippen LogP contribution >= 0.6 is 0 Å². The van der Waals surface area contributed by atoms with Crippen LogP contribution in [-0.2, 0) is 27.5 Å². The highest BCUT2D eigenvalue weighted by Gasteiger charge is 2.26. The average Bonchev–Trinajstić information content (AvgIpc) is 2.85. The standard InChI is InChI=1S/C27H37N3O5/c1-19(2)24(26(33)29-17-21-12-14-23(31)15-13-21)30-25(32)20(3)9-7-8-16-28-27(34)35-18-22-10-5-4-6-11-22/h4-6,10-15,19-20,24,31H,7-9,16-18H2,1-3H3,(H,28,34)(H,29,33)(H,30,32)/t20-,24?/m1/s1. The maximum absolute atomic E-state index is 12.7. The van der Waals surface area contributed by atoms with E-state index in [1.807, 2.05) is 51.1 Å². The van der Waals surface area contributed by atoms with Gasteiger partial charge in [-0.25, -0.2) is 4.79 Å². The Morgan fingerprint density at radius 2 is 1.54 bits per heavy atom. The molecule has 3 amide bonds. The molecule has 0 aromatic heterocycles. The lowest BCUT2D eigenvalue weighted by atomic mass is 9.99. The predicted molar refractivity (Wildman–Crippen MR) is 134 cm³/mol. The van der Waals surface area contributed by atoms with Gasteiger partial charge < -0.3 is 25.8 Å². The smallest absolute Gasteiger partial charge is 0.407 e. The van der Waals surface area contributed by atoms with Crippen molar-refractivity contribution in [1.82, 2.24) is 16.0 Å². The van der Waals surface area contributed by atoms with Crippen LogP contribution in [-0.4, -0.2) is 35.6 Å². The molecule has 0 radical (unpaired) electrons. The number of unbranched alkanes of at least 4 members (excludes halogenated alkanes) is 1. The first-order valence-electron chi connectivity index (χ1n) is 12.1. The van der Waals surface area contributed by atoms with Gasteiger partial charge in [0.2, 0.25) is 11.8 Å². The van der Waals surface area contributed by atoms with Crippen LogP contribution < -0.4 is 16.0 Å². The van der Waals surface area contributed by atoms with Gasteiger partial charge in [0.15, 0.2) is 0 Å². The highest BCUT2D eigenvalue weighted by molar-refractivity contribution is 5.88. The third-order valence-electron chi connectivity index (χ3n) is 5.64. The van der Waals surface area contributed by atoms with Crippen LogP contribution in [0.2, 0.25) is 0 Å². The van der Waals surface area contributed by atoms with Gasteiger partial charge in [-0.15, -0.1) is 0 Å². The largest absolute Gasteiger partial charge is 0.508 e. The maximum Gasteiger partial charge on any atom is 0.407 e. The summed E-state index contributed by atoms with van der Waals surface area (Å²) < 4.78 is 5.17. The Morgan fingerprint density at radius 1 is 0.857 bits per heavy atom. The number of aromatic hydroxyl groups is 1. The van der Waals surface area contributed by atoms with Gasteiger partial charge in [-0.3, -0.25) is 9.59 Å². The van der Waals surface area contributed by atoms with E-state index in [1.165, 1.54) is 0 Å². The van der Waals surface area contributed by atoms with Crippen LogP contribution in [0.15, 0.2) is 54.6 Å². The van der Waals surface area contributed by atoms with Crippen molar-refractivity contribution in [3.05, 3.63) is 65.7 Å². The van der Waals surface area contributed by atoms with Gasteiger partial charge in [0, 0.05) is 19.0 Å². The summed E-state index contributed by atoms with van der Waals surface area (Å²) in [6.45, 7) is 6.62. The summed E-state index contributed by atoms with van der Waals surface area (Å²) in [5.74, 6) is -0.575. The fourth-order valence-electron chi connectivity index (χ4n) is 3.41. The Balaban J connectivity index is 1.65. The first-order valence-corrected chi connectivity index (χ1v) is 12.1. The van der Waals surface area contributed by atoms with Gasteiger partial charge in [0.25, 0.3) is 0 Å². The second-order valence-electron chi connectivity index (χ2n) is 9.00. The van der Waals surface area contributed by atoms with Gasteiger partial charge in [-0.1, -0.05) is 69.7 Å². The molecule has 2 aromatic rings. The van der Waals surface area contributed by atoms with E-state index in [9.17, 15) is 19.5 Å². The Hall–Kier alpha value is -3.55. The molecule has 0 spiro atoms. The quantitative estimate of drug-likeness (QED) is 0.323.